The first-order valence-corrected chi connectivity index (χ1v) is 10.5. The van der Waals surface area contributed by atoms with Gasteiger partial charge >= 0.3 is 0 Å². The van der Waals surface area contributed by atoms with Gasteiger partial charge in [0.2, 0.25) is 5.75 Å². The summed E-state index contributed by atoms with van der Waals surface area (Å²) < 4.78 is 33.2. The summed E-state index contributed by atoms with van der Waals surface area (Å²) in [6.45, 7) is 6.14. The Labute approximate surface area is 197 Å². The lowest BCUT2D eigenvalue weighted by molar-refractivity contribution is 0.323. The van der Waals surface area contributed by atoms with Crippen molar-refractivity contribution in [1.29, 1.82) is 0 Å². The highest BCUT2D eigenvalue weighted by molar-refractivity contribution is 5.87. The van der Waals surface area contributed by atoms with Gasteiger partial charge in [0.15, 0.2) is 17.5 Å². The fraction of sp³-hybridized carbons (Fsp3) is 0.250. The first-order chi connectivity index (χ1) is 16.3. The van der Waals surface area contributed by atoms with Gasteiger partial charge in [0, 0.05) is 18.2 Å². The molecule has 0 saturated carbocycles. The smallest absolute Gasteiger partial charge is 0.203 e. The van der Waals surface area contributed by atoms with Crippen molar-refractivity contribution < 1.29 is 18.6 Å². The first-order valence-electron chi connectivity index (χ1n) is 10.5. The van der Waals surface area contributed by atoms with Crippen molar-refractivity contribution in [3.63, 3.8) is 0 Å². The summed E-state index contributed by atoms with van der Waals surface area (Å²) in [5.74, 6) is 1.21. The van der Waals surface area contributed by atoms with Gasteiger partial charge in [-0.05, 0) is 36.8 Å². The summed E-state index contributed by atoms with van der Waals surface area (Å²) in [7, 11) is 4.59. The van der Waals surface area contributed by atoms with Gasteiger partial charge in [-0.15, -0.1) is 0 Å². The molecule has 180 valence electrons. The summed E-state index contributed by atoms with van der Waals surface area (Å²) in [6.07, 6.45) is 3.01. The van der Waals surface area contributed by atoms with E-state index in [-0.39, 0.29) is 17.2 Å². The van der Waals surface area contributed by atoms with Gasteiger partial charge in [0.05, 0.1) is 44.1 Å². The monoisotopic (exact) mass is 468 g/mol. The van der Waals surface area contributed by atoms with E-state index in [4.69, 9.17) is 31.4 Å². The molecular formula is C24H29FN6O3. The second-order valence-electron chi connectivity index (χ2n) is 7.30. The summed E-state index contributed by atoms with van der Waals surface area (Å²) >= 11 is 0. The highest BCUT2D eigenvalue weighted by atomic mass is 19.1. The summed E-state index contributed by atoms with van der Waals surface area (Å²) in [4.78, 5) is 8.67. The Kier molecular flexibility index (Phi) is 7.42. The van der Waals surface area contributed by atoms with Crippen molar-refractivity contribution in [3.8, 4) is 17.2 Å². The van der Waals surface area contributed by atoms with Gasteiger partial charge in [-0.3, -0.25) is 0 Å². The van der Waals surface area contributed by atoms with Crippen LogP contribution in [0.4, 0.5) is 4.39 Å². The molecule has 9 nitrogen and oxygen atoms in total. The maximum atomic E-state index is 15.0. The van der Waals surface area contributed by atoms with E-state index >= 15 is 4.39 Å². The van der Waals surface area contributed by atoms with E-state index < -0.39 is 11.9 Å². The summed E-state index contributed by atoms with van der Waals surface area (Å²) in [5, 5.41) is 0. The van der Waals surface area contributed by atoms with Gasteiger partial charge in [-0.2, -0.15) is 0 Å². The Morgan fingerprint density at radius 3 is 2.29 bits per heavy atom. The van der Waals surface area contributed by atoms with Crippen LogP contribution in [0.1, 0.15) is 29.9 Å². The molecule has 0 saturated heterocycles. The quantitative estimate of drug-likeness (QED) is 0.249. The topological polar surface area (TPSA) is 136 Å². The second-order valence-corrected chi connectivity index (χ2v) is 7.30. The number of benzene rings is 2. The van der Waals surface area contributed by atoms with Crippen LogP contribution in [0, 0.1) is 5.82 Å². The molecule has 0 aliphatic carbocycles. The van der Waals surface area contributed by atoms with Crippen molar-refractivity contribution >= 4 is 22.7 Å². The van der Waals surface area contributed by atoms with Crippen LogP contribution in [-0.2, 0) is 6.54 Å². The summed E-state index contributed by atoms with van der Waals surface area (Å²) in [5.41, 5.74) is 20.0. The molecule has 2 aromatic carbocycles. The van der Waals surface area contributed by atoms with Crippen molar-refractivity contribution in [3.05, 3.63) is 65.8 Å². The molecule has 0 bridgehead atoms. The molecule has 1 heterocycles. The molecular weight excluding hydrogens is 439 g/mol. The highest BCUT2D eigenvalue weighted by Crippen LogP contribution is 2.40. The number of nitrogens with two attached hydrogens (primary N) is 3. The van der Waals surface area contributed by atoms with Gasteiger partial charge in [0.1, 0.15) is 11.6 Å². The van der Waals surface area contributed by atoms with Crippen LogP contribution < -0.4 is 31.4 Å². The lowest BCUT2D eigenvalue weighted by atomic mass is 10.1. The number of nitrogens with zero attached hydrogens (tertiary/aromatic N) is 3. The maximum Gasteiger partial charge on any atom is 0.203 e. The van der Waals surface area contributed by atoms with E-state index in [1.54, 1.807) is 18.2 Å². The average molecular weight is 469 g/mol. The fourth-order valence-electron chi connectivity index (χ4n) is 3.80. The molecule has 3 aromatic rings. The number of fused-ring (bicyclic) bond motifs is 1. The number of aryl methyl sites for hydroxylation is 1. The molecule has 3 rings (SSSR count). The van der Waals surface area contributed by atoms with E-state index in [1.165, 1.54) is 39.5 Å². The number of imidazole rings is 1. The molecule has 0 amide bonds. The Bertz CT molecular complexity index is 1250. The molecule has 0 spiro atoms. The number of hydrogen-bond donors (Lipinski definition) is 3. The second kappa shape index (κ2) is 10.3. The lowest BCUT2D eigenvalue weighted by Crippen LogP contribution is -2.22. The van der Waals surface area contributed by atoms with Crippen LogP contribution >= 0.6 is 0 Å². The fourth-order valence-corrected chi connectivity index (χ4v) is 3.80. The Morgan fingerprint density at radius 1 is 1.15 bits per heavy atom. The predicted octanol–water partition coefficient (Wildman–Crippen LogP) is 3.07. The third kappa shape index (κ3) is 4.53. The normalized spacial score (nSPS) is 12.4. The molecule has 10 heteroatoms. The molecule has 1 atom stereocenters. The van der Waals surface area contributed by atoms with Crippen LogP contribution in [0.5, 0.6) is 17.2 Å². The van der Waals surface area contributed by atoms with Crippen molar-refractivity contribution in [1.82, 2.24) is 9.55 Å². The van der Waals surface area contributed by atoms with Gasteiger partial charge in [0.25, 0.3) is 0 Å². The van der Waals surface area contributed by atoms with Crippen LogP contribution in [0.3, 0.4) is 0 Å². The number of methoxy groups -OCH3 is 3. The van der Waals surface area contributed by atoms with Gasteiger partial charge in [-0.25, -0.2) is 14.4 Å². The van der Waals surface area contributed by atoms with Gasteiger partial charge < -0.3 is 36.0 Å². The minimum atomic E-state index is -0.659. The molecule has 0 radical (unpaired) electrons. The van der Waals surface area contributed by atoms with E-state index in [9.17, 15) is 0 Å². The van der Waals surface area contributed by atoms with E-state index in [0.29, 0.717) is 46.2 Å². The predicted molar refractivity (Wildman–Crippen MR) is 131 cm³/mol. The lowest BCUT2D eigenvalue weighted by Gasteiger charge is -2.18. The zero-order valence-corrected chi connectivity index (χ0v) is 19.6. The first kappa shape index (κ1) is 24.6. The molecule has 1 aromatic heterocycles. The number of ether oxygens (including phenoxy) is 3. The standard InChI is InChI=1S/C24H29FN6O3/c1-6-8-16(30-24(27)28)14-11-18-17(12-15(14)25)29-23(31(18)7-2)21(26)13-9-19(32-3)22(34-5)20(10-13)33-4/h6,8-12,21H,1,7,26H2,2-5H3,(H4,27,28,30)/b16-8-. The third-order valence-electron chi connectivity index (χ3n) is 5.31. The average Bonchev–Trinajstić information content (AvgIpc) is 3.18. The molecule has 0 aliphatic rings. The minimum absolute atomic E-state index is 0.193. The zero-order chi connectivity index (χ0) is 25.0. The Hall–Kier alpha value is -4.05. The largest absolute Gasteiger partial charge is 0.493 e. The SMILES string of the molecule is C=C/C=C(\N=C(N)N)c1cc2c(cc1F)nc(C(N)c1cc(OC)c(OC)c(OC)c1)n2CC. The van der Waals surface area contributed by atoms with Crippen molar-refractivity contribution in [2.75, 3.05) is 21.3 Å². The Balaban J connectivity index is 2.21. The minimum Gasteiger partial charge on any atom is -0.493 e. The van der Waals surface area contributed by atoms with Crippen LogP contribution in [0.15, 0.2) is 48.0 Å². The van der Waals surface area contributed by atoms with Crippen LogP contribution in [-0.4, -0.2) is 36.8 Å². The molecule has 1 unspecified atom stereocenters. The van der Waals surface area contributed by atoms with Crippen LogP contribution in [0.2, 0.25) is 0 Å². The van der Waals surface area contributed by atoms with Crippen LogP contribution in [0.25, 0.3) is 16.7 Å². The molecule has 6 N–H and O–H groups in total. The van der Waals surface area contributed by atoms with Crippen molar-refractivity contribution in [2.45, 2.75) is 19.5 Å². The summed E-state index contributed by atoms with van der Waals surface area (Å²) in [6, 6.07) is 5.85. The number of aromatic nitrogens is 2. The number of aliphatic imine (C=N–C) groups is 1. The van der Waals surface area contributed by atoms with Gasteiger partial charge in [-0.1, -0.05) is 12.7 Å². The van der Waals surface area contributed by atoms with Crippen molar-refractivity contribution in [2.24, 2.45) is 22.2 Å². The number of hydrogen-bond acceptors (Lipinski definition) is 6. The third-order valence-corrected chi connectivity index (χ3v) is 5.31. The number of allylic oxidation sites excluding steroid dienone is 2. The number of rotatable bonds is 9. The highest BCUT2D eigenvalue weighted by Gasteiger charge is 2.23. The zero-order valence-electron chi connectivity index (χ0n) is 19.6. The number of guanidine groups is 1. The number of halogens is 1. The molecule has 0 aliphatic heterocycles. The molecule has 34 heavy (non-hydrogen) atoms. The van der Waals surface area contributed by atoms with E-state index in [1.807, 2.05) is 11.5 Å². The van der Waals surface area contributed by atoms with E-state index in [2.05, 4.69) is 16.6 Å². The van der Waals surface area contributed by atoms with E-state index in [0.717, 1.165) is 0 Å². The Morgan fingerprint density at radius 2 is 1.79 bits per heavy atom. The molecule has 0 fully saturated rings. The maximum absolute atomic E-state index is 15.0.